The van der Waals surface area contributed by atoms with Crippen LogP contribution in [0.15, 0.2) is 9.42 Å². The molecule has 0 spiro atoms. The zero-order valence-corrected chi connectivity index (χ0v) is 16.7. The van der Waals surface area contributed by atoms with Crippen molar-refractivity contribution in [1.82, 2.24) is 14.4 Å². The second-order valence-electron chi connectivity index (χ2n) is 6.38. The van der Waals surface area contributed by atoms with E-state index < -0.39 is 10.0 Å². The van der Waals surface area contributed by atoms with Gasteiger partial charge in [0, 0.05) is 32.2 Å². The highest BCUT2D eigenvalue weighted by Gasteiger charge is 2.33. The van der Waals surface area contributed by atoms with Gasteiger partial charge in [-0.15, -0.1) is 12.4 Å². The molecule has 2 rings (SSSR count). The molecule has 0 radical (unpaired) electrons. The van der Waals surface area contributed by atoms with Crippen LogP contribution in [-0.4, -0.2) is 60.9 Å². The van der Waals surface area contributed by atoms with Crippen molar-refractivity contribution in [1.29, 1.82) is 0 Å². The minimum absolute atomic E-state index is 0. The third-order valence-corrected chi connectivity index (χ3v) is 6.65. The van der Waals surface area contributed by atoms with Crippen molar-refractivity contribution in [2.75, 3.05) is 26.2 Å². The summed E-state index contributed by atoms with van der Waals surface area (Å²) in [5, 5.41) is 3.73. The van der Waals surface area contributed by atoms with Crippen LogP contribution in [0.3, 0.4) is 0 Å². The Kier molecular flexibility index (Phi) is 7.42. The fourth-order valence-corrected chi connectivity index (χ4v) is 4.60. The van der Waals surface area contributed by atoms with E-state index >= 15 is 0 Å². The van der Waals surface area contributed by atoms with Gasteiger partial charge in [-0.05, 0) is 27.2 Å². The van der Waals surface area contributed by atoms with E-state index in [1.54, 1.807) is 32.6 Å². The summed E-state index contributed by atoms with van der Waals surface area (Å²) in [4.78, 5) is 14.3. The van der Waals surface area contributed by atoms with Crippen molar-refractivity contribution < 1.29 is 17.7 Å². The van der Waals surface area contributed by atoms with Gasteiger partial charge in [-0.3, -0.25) is 4.79 Å². The molecule has 1 fully saturated rings. The van der Waals surface area contributed by atoms with Crippen molar-refractivity contribution in [2.24, 2.45) is 11.7 Å². The molecule has 2 heterocycles. The van der Waals surface area contributed by atoms with Crippen LogP contribution in [0.4, 0.5) is 0 Å². The number of amides is 1. The van der Waals surface area contributed by atoms with Gasteiger partial charge in [-0.2, -0.15) is 4.31 Å². The molecule has 0 saturated carbocycles. The number of sulfonamides is 1. The average Bonchev–Trinajstić information content (AvgIpc) is 2.74. The highest BCUT2D eigenvalue weighted by atomic mass is 35.5. The van der Waals surface area contributed by atoms with E-state index in [1.807, 2.05) is 0 Å². The first-order valence-electron chi connectivity index (χ1n) is 8.13. The quantitative estimate of drug-likeness (QED) is 0.813. The van der Waals surface area contributed by atoms with Gasteiger partial charge < -0.3 is 15.2 Å². The molecule has 10 heteroatoms. The lowest BCUT2D eigenvalue weighted by molar-refractivity contribution is -0.135. The molecule has 1 aromatic heterocycles. The SMILES string of the molecule is Cc1noc(C)c1S(=O)(=O)N1CCCN(C(=O)C(C)C(C)N)CC1.Cl. The predicted octanol–water partition coefficient (Wildman–Crippen LogP) is 0.920. The molecular formula is C15H27ClN4O4S. The van der Waals surface area contributed by atoms with Crippen LogP contribution in [0, 0.1) is 19.8 Å². The van der Waals surface area contributed by atoms with E-state index in [-0.39, 0.29) is 47.5 Å². The molecule has 0 aromatic carbocycles. The van der Waals surface area contributed by atoms with E-state index in [0.29, 0.717) is 31.7 Å². The summed E-state index contributed by atoms with van der Waals surface area (Å²) in [5.41, 5.74) is 6.16. The molecule has 1 amide bonds. The van der Waals surface area contributed by atoms with Crippen LogP contribution in [0.25, 0.3) is 0 Å². The number of hydrogen-bond donors (Lipinski definition) is 1. The number of hydrogen-bond acceptors (Lipinski definition) is 6. The second-order valence-corrected chi connectivity index (χ2v) is 8.26. The summed E-state index contributed by atoms with van der Waals surface area (Å²) in [6.45, 7) is 8.31. The van der Waals surface area contributed by atoms with Gasteiger partial charge in [0.25, 0.3) is 0 Å². The zero-order valence-electron chi connectivity index (χ0n) is 15.1. The van der Waals surface area contributed by atoms with Crippen LogP contribution < -0.4 is 5.73 Å². The van der Waals surface area contributed by atoms with E-state index in [9.17, 15) is 13.2 Å². The number of carbonyl (C=O) groups is 1. The Morgan fingerprint density at radius 3 is 2.36 bits per heavy atom. The molecule has 1 aliphatic heterocycles. The number of aromatic nitrogens is 1. The Hall–Kier alpha value is -1.16. The zero-order chi connectivity index (χ0) is 18.1. The maximum absolute atomic E-state index is 12.9. The van der Waals surface area contributed by atoms with Crippen LogP contribution in [0.1, 0.15) is 31.7 Å². The van der Waals surface area contributed by atoms with E-state index in [4.69, 9.17) is 10.3 Å². The Labute approximate surface area is 155 Å². The molecule has 144 valence electrons. The smallest absolute Gasteiger partial charge is 0.248 e. The molecule has 25 heavy (non-hydrogen) atoms. The molecule has 2 atom stereocenters. The van der Waals surface area contributed by atoms with Crippen LogP contribution in [0.2, 0.25) is 0 Å². The van der Waals surface area contributed by atoms with E-state index in [0.717, 1.165) is 0 Å². The molecule has 2 N–H and O–H groups in total. The molecular weight excluding hydrogens is 368 g/mol. The predicted molar refractivity (Wildman–Crippen MR) is 96.0 cm³/mol. The van der Waals surface area contributed by atoms with Gasteiger partial charge in [0.1, 0.15) is 10.6 Å². The Morgan fingerprint density at radius 2 is 1.84 bits per heavy atom. The summed E-state index contributed by atoms with van der Waals surface area (Å²) in [6, 6.07) is -0.233. The van der Waals surface area contributed by atoms with Crippen molar-refractivity contribution >= 4 is 28.3 Å². The number of carbonyl (C=O) groups excluding carboxylic acids is 1. The Bertz CT molecular complexity index is 685. The lowest BCUT2D eigenvalue weighted by atomic mass is 10.0. The number of aryl methyl sites for hydroxylation is 2. The molecule has 1 saturated heterocycles. The first-order valence-corrected chi connectivity index (χ1v) is 9.57. The number of nitrogens with two attached hydrogens (primary N) is 1. The summed E-state index contributed by atoms with van der Waals surface area (Å²) in [7, 11) is -3.67. The van der Waals surface area contributed by atoms with Gasteiger partial charge in [-0.1, -0.05) is 12.1 Å². The molecule has 1 aromatic rings. The van der Waals surface area contributed by atoms with Gasteiger partial charge in [0.15, 0.2) is 5.76 Å². The average molecular weight is 395 g/mol. The number of halogens is 1. The third kappa shape index (κ3) is 4.52. The van der Waals surface area contributed by atoms with Crippen molar-refractivity contribution in [3.63, 3.8) is 0 Å². The van der Waals surface area contributed by atoms with Gasteiger partial charge in [0.05, 0.1) is 5.92 Å². The highest BCUT2D eigenvalue weighted by Crippen LogP contribution is 2.24. The molecule has 0 aliphatic carbocycles. The second kappa shape index (κ2) is 8.48. The largest absolute Gasteiger partial charge is 0.360 e. The lowest BCUT2D eigenvalue weighted by Crippen LogP contribution is -2.43. The number of nitrogens with zero attached hydrogens (tertiary/aromatic N) is 3. The number of rotatable bonds is 4. The van der Waals surface area contributed by atoms with Gasteiger partial charge in [0.2, 0.25) is 15.9 Å². The van der Waals surface area contributed by atoms with Crippen molar-refractivity contribution in [3.8, 4) is 0 Å². The summed E-state index contributed by atoms with van der Waals surface area (Å²) in [5.74, 6) is -0.0208. The van der Waals surface area contributed by atoms with Gasteiger partial charge in [-0.25, -0.2) is 8.42 Å². The topological polar surface area (TPSA) is 110 Å². The third-order valence-electron chi connectivity index (χ3n) is 4.51. The Balaban J connectivity index is 0.00000312. The fraction of sp³-hybridized carbons (Fsp3) is 0.733. The minimum atomic E-state index is -3.67. The van der Waals surface area contributed by atoms with Crippen LogP contribution in [-0.2, 0) is 14.8 Å². The molecule has 8 nitrogen and oxygen atoms in total. The molecule has 0 bridgehead atoms. The maximum Gasteiger partial charge on any atom is 0.248 e. The van der Waals surface area contributed by atoms with Crippen LogP contribution >= 0.6 is 12.4 Å². The molecule has 1 aliphatic rings. The first-order chi connectivity index (χ1) is 11.2. The lowest BCUT2D eigenvalue weighted by Gasteiger charge is -2.26. The summed E-state index contributed by atoms with van der Waals surface area (Å²) < 4.78 is 32.1. The normalized spacial score (nSPS) is 19.0. The van der Waals surface area contributed by atoms with Crippen molar-refractivity contribution in [2.45, 2.75) is 45.1 Å². The standard InChI is InChI=1S/C15H26N4O4S.ClH/c1-10(11(2)16)15(20)18-6-5-7-19(9-8-18)24(21,22)14-12(3)17-23-13(14)4;/h10-11H,5-9,16H2,1-4H3;1H. The summed E-state index contributed by atoms with van der Waals surface area (Å²) >= 11 is 0. The first kappa shape index (κ1) is 21.9. The van der Waals surface area contributed by atoms with E-state index in [2.05, 4.69) is 5.16 Å². The fourth-order valence-electron chi connectivity index (χ4n) is 2.84. The van der Waals surface area contributed by atoms with Crippen LogP contribution in [0.5, 0.6) is 0 Å². The molecule has 2 unspecified atom stereocenters. The minimum Gasteiger partial charge on any atom is -0.360 e. The highest BCUT2D eigenvalue weighted by molar-refractivity contribution is 7.89. The summed E-state index contributed by atoms with van der Waals surface area (Å²) in [6.07, 6.45) is 0.583. The van der Waals surface area contributed by atoms with Crippen molar-refractivity contribution in [3.05, 3.63) is 11.5 Å². The Morgan fingerprint density at radius 1 is 1.20 bits per heavy atom. The van der Waals surface area contributed by atoms with Gasteiger partial charge >= 0.3 is 0 Å². The van der Waals surface area contributed by atoms with E-state index in [1.165, 1.54) is 4.31 Å². The maximum atomic E-state index is 12.9. The monoisotopic (exact) mass is 394 g/mol.